The SMILES string of the molecule is Cc1cc(N)nn1C(C)C. The van der Waals surface area contributed by atoms with Crippen LogP contribution in [0.15, 0.2) is 6.07 Å². The van der Waals surface area contributed by atoms with Crippen molar-refractivity contribution in [2.24, 2.45) is 0 Å². The monoisotopic (exact) mass is 139 g/mol. The van der Waals surface area contributed by atoms with Crippen molar-refractivity contribution in [1.82, 2.24) is 9.78 Å². The van der Waals surface area contributed by atoms with Gasteiger partial charge in [-0.3, -0.25) is 4.68 Å². The van der Waals surface area contributed by atoms with E-state index in [0.29, 0.717) is 11.9 Å². The number of anilines is 1. The van der Waals surface area contributed by atoms with Crippen molar-refractivity contribution in [2.45, 2.75) is 26.8 Å². The zero-order valence-corrected chi connectivity index (χ0v) is 6.63. The van der Waals surface area contributed by atoms with E-state index in [1.54, 1.807) is 0 Å². The quantitative estimate of drug-likeness (QED) is 0.638. The van der Waals surface area contributed by atoms with Crippen LogP contribution in [-0.2, 0) is 0 Å². The van der Waals surface area contributed by atoms with Crippen LogP contribution in [0, 0.1) is 6.92 Å². The lowest BCUT2D eigenvalue weighted by molar-refractivity contribution is 0.521. The molecule has 3 nitrogen and oxygen atoms in total. The van der Waals surface area contributed by atoms with Crippen LogP contribution in [0.3, 0.4) is 0 Å². The van der Waals surface area contributed by atoms with E-state index in [0.717, 1.165) is 5.69 Å². The van der Waals surface area contributed by atoms with Gasteiger partial charge in [-0.15, -0.1) is 0 Å². The van der Waals surface area contributed by atoms with E-state index in [-0.39, 0.29) is 0 Å². The third-order valence-electron chi connectivity index (χ3n) is 1.43. The minimum absolute atomic E-state index is 0.400. The molecule has 1 aromatic rings. The van der Waals surface area contributed by atoms with Gasteiger partial charge < -0.3 is 5.73 Å². The molecule has 0 saturated heterocycles. The van der Waals surface area contributed by atoms with Crippen molar-refractivity contribution >= 4 is 5.82 Å². The van der Waals surface area contributed by atoms with Crippen LogP contribution < -0.4 is 5.73 Å². The number of hydrogen-bond acceptors (Lipinski definition) is 2. The van der Waals surface area contributed by atoms with Crippen molar-refractivity contribution in [3.05, 3.63) is 11.8 Å². The Balaban J connectivity index is 3.03. The van der Waals surface area contributed by atoms with Crippen LogP contribution >= 0.6 is 0 Å². The zero-order valence-electron chi connectivity index (χ0n) is 6.63. The molecule has 0 aliphatic rings. The van der Waals surface area contributed by atoms with Gasteiger partial charge in [-0.25, -0.2) is 0 Å². The molecule has 0 bridgehead atoms. The Morgan fingerprint density at radius 1 is 1.60 bits per heavy atom. The molecule has 2 N–H and O–H groups in total. The Labute approximate surface area is 60.8 Å². The molecule has 0 fully saturated rings. The van der Waals surface area contributed by atoms with Gasteiger partial charge in [0.05, 0.1) is 0 Å². The lowest BCUT2D eigenvalue weighted by Crippen LogP contribution is -2.04. The van der Waals surface area contributed by atoms with Gasteiger partial charge in [-0.1, -0.05) is 0 Å². The van der Waals surface area contributed by atoms with Gasteiger partial charge in [-0.05, 0) is 20.8 Å². The molecule has 0 spiro atoms. The molecule has 0 radical (unpaired) electrons. The highest BCUT2D eigenvalue weighted by molar-refractivity contribution is 5.28. The molecule has 0 unspecified atom stereocenters. The number of nitrogens with zero attached hydrogens (tertiary/aromatic N) is 2. The first-order valence-corrected chi connectivity index (χ1v) is 3.43. The predicted octanol–water partition coefficient (Wildman–Crippen LogP) is 1.35. The normalized spacial score (nSPS) is 10.8. The van der Waals surface area contributed by atoms with E-state index in [2.05, 4.69) is 18.9 Å². The zero-order chi connectivity index (χ0) is 7.72. The van der Waals surface area contributed by atoms with E-state index in [1.807, 2.05) is 17.7 Å². The van der Waals surface area contributed by atoms with Crippen molar-refractivity contribution in [3.8, 4) is 0 Å². The molecule has 1 heterocycles. The molecule has 3 heteroatoms. The van der Waals surface area contributed by atoms with E-state index in [1.165, 1.54) is 0 Å². The number of nitrogen functional groups attached to an aromatic ring is 1. The van der Waals surface area contributed by atoms with Crippen LogP contribution in [0.5, 0.6) is 0 Å². The van der Waals surface area contributed by atoms with Crippen LogP contribution in [0.4, 0.5) is 5.82 Å². The summed E-state index contributed by atoms with van der Waals surface area (Å²) in [6.07, 6.45) is 0. The minimum Gasteiger partial charge on any atom is -0.382 e. The standard InChI is InChI=1S/C7H13N3/c1-5(2)10-6(3)4-7(8)9-10/h4-5H,1-3H3,(H2,8,9). The fourth-order valence-corrected chi connectivity index (χ4v) is 1.04. The molecular weight excluding hydrogens is 126 g/mol. The molecule has 0 saturated carbocycles. The van der Waals surface area contributed by atoms with Crippen LogP contribution in [0.1, 0.15) is 25.6 Å². The lowest BCUT2D eigenvalue weighted by Gasteiger charge is -2.06. The molecule has 0 aromatic carbocycles. The molecule has 1 rings (SSSR count). The molecule has 0 amide bonds. The average Bonchev–Trinajstić information content (AvgIpc) is 2.10. The highest BCUT2D eigenvalue weighted by atomic mass is 15.3. The molecule has 0 aliphatic carbocycles. The van der Waals surface area contributed by atoms with Crippen LogP contribution in [0.2, 0.25) is 0 Å². The summed E-state index contributed by atoms with van der Waals surface area (Å²) in [4.78, 5) is 0. The summed E-state index contributed by atoms with van der Waals surface area (Å²) in [7, 11) is 0. The molecule has 10 heavy (non-hydrogen) atoms. The van der Waals surface area contributed by atoms with Crippen molar-refractivity contribution in [3.63, 3.8) is 0 Å². The Bertz CT molecular complexity index is 225. The van der Waals surface area contributed by atoms with Crippen LogP contribution in [-0.4, -0.2) is 9.78 Å². The summed E-state index contributed by atoms with van der Waals surface area (Å²) < 4.78 is 1.91. The number of aromatic nitrogens is 2. The average molecular weight is 139 g/mol. The third-order valence-corrected chi connectivity index (χ3v) is 1.43. The van der Waals surface area contributed by atoms with Gasteiger partial charge in [0.25, 0.3) is 0 Å². The first-order chi connectivity index (χ1) is 4.61. The second-order valence-electron chi connectivity index (χ2n) is 2.75. The highest BCUT2D eigenvalue weighted by Gasteiger charge is 2.02. The second kappa shape index (κ2) is 2.33. The first-order valence-electron chi connectivity index (χ1n) is 3.43. The van der Waals surface area contributed by atoms with Gasteiger partial charge in [0.2, 0.25) is 0 Å². The van der Waals surface area contributed by atoms with Crippen molar-refractivity contribution in [2.75, 3.05) is 5.73 Å². The smallest absolute Gasteiger partial charge is 0.145 e. The van der Waals surface area contributed by atoms with E-state index in [9.17, 15) is 0 Å². The van der Waals surface area contributed by atoms with Gasteiger partial charge in [-0.2, -0.15) is 5.10 Å². The third kappa shape index (κ3) is 1.12. The van der Waals surface area contributed by atoms with Crippen LogP contribution in [0.25, 0.3) is 0 Å². The number of hydrogen-bond donors (Lipinski definition) is 1. The molecule has 0 aliphatic heterocycles. The summed E-state index contributed by atoms with van der Waals surface area (Å²) in [5.74, 6) is 0.603. The lowest BCUT2D eigenvalue weighted by atomic mass is 10.4. The fourth-order valence-electron chi connectivity index (χ4n) is 1.04. The van der Waals surface area contributed by atoms with Gasteiger partial charge >= 0.3 is 0 Å². The van der Waals surface area contributed by atoms with Gasteiger partial charge in [0.1, 0.15) is 5.82 Å². The number of nitrogens with two attached hydrogens (primary N) is 1. The number of aryl methyl sites for hydroxylation is 1. The molecule has 1 aromatic heterocycles. The molecular formula is C7H13N3. The summed E-state index contributed by atoms with van der Waals surface area (Å²) in [5.41, 5.74) is 6.60. The summed E-state index contributed by atoms with van der Waals surface area (Å²) in [6, 6.07) is 2.28. The topological polar surface area (TPSA) is 43.8 Å². The van der Waals surface area contributed by atoms with E-state index < -0.39 is 0 Å². The van der Waals surface area contributed by atoms with E-state index >= 15 is 0 Å². The number of rotatable bonds is 1. The maximum absolute atomic E-state index is 5.49. The minimum atomic E-state index is 0.400. The second-order valence-corrected chi connectivity index (χ2v) is 2.75. The first kappa shape index (κ1) is 7.12. The summed E-state index contributed by atoms with van der Waals surface area (Å²) in [5, 5.41) is 4.10. The Morgan fingerprint density at radius 3 is 2.40 bits per heavy atom. The largest absolute Gasteiger partial charge is 0.382 e. The fraction of sp³-hybridized carbons (Fsp3) is 0.571. The molecule has 56 valence electrons. The van der Waals surface area contributed by atoms with Crippen molar-refractivity contribution in [1.29, 1.82) is 0 Å². The van der Waals surface area contributed by atoms with E-state index in [4.69, 9.17) is 5.73 Å². The summed E-state index contributed by atoms with van der Waals surface area (Å²) >= 11 is 0. The maximum Gasteiger partial charge on any atom is 0.145 e. The van der Waals surface area contributed by atoms with Gasteiger partial charge in [0, 0.05) is 17.8 Å². The highest BCUT2D eigenvalue weighted by Crippen LogP contribution is 2.10. The van der Waals surface area contributed by atoms with Gasteiger partial charge in [0.15, 0.2) is 0 Å². The Kier molecular flexibility index (Phi) is 1.66. The van der Waals surface area contributed by atoms with Crippen molar-refractivity contribution < 1.29 is 0 Å². The molecule has 0 atom stereocenters. The summed E-state index contributed by atoms with van der Waals surface area (Å²) in [6.45, 7) is 6.17. The maximum atomic E-state index is 5.49. The predicted molar refractivity (Wildman–Crippen MR) is 41.8 cm³/mol. The Hall–Kier alpha value is -0.990. The Morgan fingerprint density at radius 2 is 2.20 bits per heavy atom.